The van der Waals surface area contributed by atoms with Crippen LogP contribution in [0.15, 0.2) is 23.1 Å². The molecule has 17 heavy (non-hydrogen) atoms. The number of benzene rings is 1. The highest BCUT2D eigenvalue weighted by molar-refractivity contribution is 8.13. The molecule has 1 rings (SSSR count). The van der Waals surface area contributed by atoms with E-state index in [9.17, 15) is 12.8 Å². The molecule has 0 saturated heterocycles. The lowest BCUT2D eigenvalue weighted by molar-refractivity contribution is 0.304. The highest BCUT2D eigenvalue weighted by Crippen LogP contribution is 2.23. The lowest BCUT2D eigenvalue weighted by Crippen LogP contribution is -2.00. The van der Waals surface area contributed by atoms with Crippen LogP contribution in [0.1, 0.15) is 26.2 Å². The molecular weight excluding hydrogens is 267 g/mol. The average Bonchev–Trinajstić information content (AvgIpc) is 2.23. The molecule has 0 spiro atoms. The Morgan fingerprint density at radius 2 is 2.06 bits per heavy atom. The monoisotopic (exact) mass is 280 g/mol. The van der Waals surface area contributed by atoms with E-state index in [1.54, 1.807) is 0 Å². The van der Waals surface area contributed by atoms with E-state index in [0.717, 1.165) is 31.4 Å². The molecule has 0 radical (unpaired) electrons. The van der Waals surface area contributed by atoms with E-state index in [0.29, 0.717) is 12.4 Å². The molecule has 0 saturated carbocycles. The standard InChI is InChI=1S/C11H14ClFO3S/c1-2-3-4-7-16-9-5-6-11(10(13)8-9)17(12,14)15/h5-6,8H,2-4,7H2,1H3. The van der Waals surface area contributed by atoms with Gasteiger partial charge in [-0.1, -0.05) is 19.8 Å². The van der Waals surface area contributed by atoms with Gasteiger partial charge in [-0.05, 0) is 18.6 Å². The molecule has 0 aromatic heterocycles. The van der Waals surface area contributed by atoms with Crippen molar-refractivity contribution in [3.05, 3.63) is 24.0 Å². The number of halogens is 2. The zero-order valence-electron chi connectivity index (χ0n) is 9.45. The van der Waals surface area contributed by atoms with Crippen molar-refractivity contribution in [1.29, 1.82) is 0 Å². The minimum atomic E-state index is -4.04. The van der Waals surface area contributed by atoms with Crippen LogP contribution in [0, 0.1) is 5.82 Å². The topological polar surface area (TPSA) is 43.4 Å². The van der Waals surface area contributed by atoms with Crippen molar-refractivity contribution in [3.8, 4) is 5.75 Å². The molecule has 0 aliphatic carbocycles. The van der Waals surface area contributed by atoms with Gasteiger partial charge in [-0.2, -0.15) is 0 Å². The van der Waals surface area contributed by atoms with Crippen molar-refractivity contribution < 1.29 is 17.5 Å². The van der Waals surface area contributed by atoms with Crippen LogP contribution in [0.2, 0.25) is 0 Å². The second kappa shape index (κ2) is 6.21. The first-order chi connectivity index (χ1) is 7.95. The number of ether oxygens (including phenoxy) is 1. The summed E-state index contributed by atoms with van der Waals surface area (Å²) < 4.78 is 40.6. The summed E-state index contributed by atoms with van der Waals surface area (Å²) in [5, 5.41) is 0. The predicted octanol–water partition coefficient (Wildman–Crippen LogP) is 3.32. The number of unbranched alkanes of at least 4 members (excludes halogenated alkanes) is 2. The Morgan fingerprint density at radius 3 is 2.59 bits per heavy atom. The van der Waals surface area contributed by atoms with Crippen LogP contribution >= 0.6 is 10.7 Å². The molecule has 0 amide bonds. The molecule has 96 valence electrons. The number of rotatable bonds is 6. The maximum absolute atomic E-state index is 13.4. The van der Waals surface area contributed by atoms with Crippen LogP contribution < -0.4 is 4.74 Å². The van der Waals surface area contributed by atoms with Crippen molar-refractivity contribution in [2.45, 2.75) is 31.1 Å². The van der Waals surface area contributed by atoms with Crippen molar-refractivity contribution in [3.63, 3.8) is 0 Å². The third-order valence-electron chi connectivity index (χ3n) is 2.18. The summed E-state index contributed by atoms with van der Waals surface area (Å²) in [5.74, 6) is -0.587. The van der Waals surface area contributed by atoms with Gasteiger partial charge in [0.1, 0.15) is 16.5 Å². The number of hydrogen-bond acceptors (Lipinski definition) is 3. The third-order valence-corrected chi connectivity index (χ3v) is 3.54. The third kappa shape index (κ3) is 4.52. The minimum absolute atomic E-state index is 0.308. The maximum Gasteiger partial charge on any atom is 0.264 e. The number of hydrogen-bond donors (Lipinski definition) is 0. The molecule has 1 aromatic carbocycles. The maximum atomic E-state index is 13.4. The van der Waals surface area contributed by atoms with E-state index < -0.39 is 19.8 Å². The zero-order valence-corrected chi connectivity index (χ0v) is 11.0. The molecular formula is C11H14ClFO3S. The molecule has 0 heterocycles. The summed E-state index contributed by atoms with van der Waals surface area (Å²) in [6, 6.07) is 3.53. The fourth-order valence-electron chi connectivity index (χ4n) is 1.31. The average molecular weight is 281 g/mol. The molecule has 0 unspecified atom stereocenters. The summed E-state index contributed by atoms with van der Waals surface area (Å²) in [6.45, 7) is 2.56. The molecule has 0 atom stereocenters. The van der Waals surface area contributed by atoms with Gasteiger partial charge in [-0.25, -0.2) is 12.8 Å². The highest BCUT2D eigenvalue weighted by Gasteiger charge is 2.16. The largest absolute Gasteiger partial charge is 0.493 e. The summed E-state index contributed by atoms with van der Waals surface area (Å²) >= 11 is 0. The van der Waals surface area contributed by atoms with Gasteiger partial charge in [0.15, 0.2) is 0 Å². The van der Waals surface area contributed by atoms with E-state index in [-0.39, 0.29) is 0 Å². The Kier molecular flexibility index (Phi) is 5.21. The van der Waals surface area contributed by atoms with Gasteiger partial charge < -0.3 is 4.74 Å². The highest BCUT2D eigenvalue weighted by atomic mass is 35.7. The minimum Gasteiger partial charge on any atom is -0.493 e. The quantitative estimate of drug-likeness (QED) is 0.593. The Hall–Kier alpha value is -0.810. The molecule has 0 N–H and O–H groups in total. The van der Waals surface area contributed by atoms with Crippen LogP contribution in [-0.2, 0) is 9.05 Å². The van der Waals surface area contributed by atoms with Crippen molar-refractivity contribution in [2.24, 2.45) is 0 Å². The molecule has 0 bridgehead atoms. The van der Waals surface area contributed by atoms with Gasteiger partial charge in [-0.3, -0.25) is 0 Å². The van der Waals surface area contributed by atoms with E-state index in [2.05, 4.69) is 6.92 Å². The molecule has 0 aliphatic rings. The van der Waals surface area contributed by atoms with E-state index >= 15 is 0 Å². The van der Waals surface area contributed by atoms with Crippen LogP contribution in [0.4, 0.5) is 4.39 Å². The fraction of sp³-hybridized carbons (Fsp3) is 0.455. The first-order valence-electron chi connectivity index (χ1n) is 5.32. The van der Waals surface area contributed by atoms with Crippen molar-refractivity contribution >= 4 is 19.7 Å². The Labute approximate surface area is 105 Å². The van der Waals surface area contributed by atoms with Gasteiger partial charge >= 0.3 is 0 Å². The molecule has 0 fully saturated rings. The van der Waals surface area contributed by atoms with Crippen LogP contribution in [0.3, 0.4) is 0 Å². The van der Waals surface area contributed by atoms with Crippen molar-refractivity contribution in [1.82, 2.24) is 0 Å². The summed E-state index contributed by atoms with van der Waals surface area (Å²) in [4.78, 5) is -0.528. The first-order valence-corrected chi connectivity index (χ1v) is 7.63. The van der Waals surface area contributed by atoms with Crippen LogP contribution in [-0.4, -0.2) is 15.0 Å². The van der Waals surface area contributed by atoms with Gasteiger partial charge in [-0.15, -0.1) is 0 Å². The first kappa shape index (κ1) is 14.3. The second-order valence-corrected chi connectivity index (χ2v) is 6.12. The zero-order chi connectivity index (χ0) is 12.9. The normalized spacial score (nSPS) is 11.5. The van der Waals surface area contributed by atoms with E-state index in [4.69, 9.17) is 15.4 Å². The SMILES string of the molecule is CCCCCOc1ccc(S(=O)(=O)Cl)c(F)c1. The smallest absolute Gasteiger partial charge is 0.264 e. The van der Waals surface area contributed by atoms with Crippen LogP contribution in [0.5, 0.6) is 5.75 Å². The lowest BCUT2D eigenvalue weighted by atomic mass is 10.3. The molecule has 0 aliphatic heterocycles. The van der Waals surface area contributed by atoms with Crippen molar-refractivity contribution in [2.75, 3.05) is 6.61 Å². The summed E-state index contributed by atoms with van der Waals surface area (Å²) in [6.07, 6.45) is 2.99. The second-order valence-electron chi connectivity index (χ2n) is 3.59. The van der Waals surface area contributed by atoms with Crippen LogP contribution in [0.25, 0.3) is 0 Å². The predicted molar refractivity (Wildman–Crippen MR) is 64.5 cm³/mol. The Bertz CT molecular complexity index is 474. The summed E-state index contributed by atoms with van der Waals surface area (Å²) in [5.41, 5.74) is 0. The summed E-state index contributed by atoms with van der Waals surface area (Å²) in [7, 11) is 1.02. The molecule has 3 nitrogen and oxygen atoms in total. The van der Waals surface area contributed by atoms with E-state index in [1.807, 2.05) is 0 Å². The molecule has 1 aromatic rings. The van der Waals surface area contributed by atoms with Gasteiger partial charge in [0.2, 0.25) is 0 Å². The van der Waals surface area contributed by atoms with E-state index in [1.165, 1.54) is 6.07 Å². The Morgan fingerprint density at radius 1 is 1.35 bits per heavy atom. The fourth-order valence-corrected chi connectivity index (χ4v) is 2.21. The van der Waals surface area contributed by atoms with Gasteiger partial charge in [0.25, 0.3) is 9.05 Å². The lowest BCUT2D eigenvalue weighted by Gasteiger charge is -2.06. The Balaban J connectivity index is 2.70. The molecule has 6 heteroatoms. The van der Waals surface area contributed by atoms with Gasteiger partial charge in [0.05, 0.1) is 6.61 Å². The van der Waals surface area contributed by atoms with Gasteiger partial charge in [0, 0.05) is 16.7 Å².